The minimum absolute atomic E-state index is 0.0174. The molecular weight excluding hydrogens is 156 g/mol. The highest BCUT2D eigenvalue weighted by molar-refractivity contribution is 8.14. The number of hydrogen-bond donors (Lipinski definition) is 0. The van der Waals surface area contributed by atoms with Crippen molar-refractivity contribution >= 4 is 16.9 Å². The molecule has 0 bridgehead atoms. The van der Waals surface area contributed by atoms with Crippen molar-refractivity contribution in [3.8, 4) is 0 Å². The molecule has 11 heavy (non-hydrogen) atoms. The Kier molecular flexibility index (Phi) is 2.93. The van der Waals surface area contributed by atoms with Crippen molar-refractivity contribution in [2.45, 2.75) is 4.90 Å². The van der Waals surface area contributed by atoms with Crippen molar-refractivity contribution in [2.75, 3.05) is 0 Å². The van der Waals surface area contributed by atoms with E-state index in [0.29, 0.717) is 0 Å². The standard InChI is InChI=1S/C9H8OS/c1-2-9(10)11-8-6-4-3-5-7-8/h2-7H,1H2. The third-order valence-electron chi connectivity index (χ3n) is 1.13. The SMILES string of the molecule is C=CC(=O)Sc1ccccc1. The van der Waals surface area contributed by atoms with E-state index in [9.17, 15) is 4.79 Å². The van der Waals surface area contributed by atoms with E-state index < -0.39 is 0 Å². The minimum atomic E-state index is -0.0174. The number of rotatable bonds is 2. The summed E-state index contributed by atoms with van der Waals surface area (Å²) >= 11 is 1.19. The van der Waals surface area contributed by atoms with Crippen LogP contribution in [0.25, 0.3) is 0 Å². The van der Waals surface area contributed by atoms with Crippen molar-refractivity contribution in [2.24, 2.45) is 0 Å². The topological polar surface area (TPSA) is 17.1 Å². The van der Waals surface area contributed by atoms with Gasteiger partial charge in [0.15, 0.2) is 0 Å². The quantitative estimate of drug-likeness (QED) is 0.493. The van der Waals surface area contributed by atoms with Gasteiger partial charge in [-0.2, -0.15) is 0 Å². The Morgan fingerprint density at radius 1 is 1.36 bits per heavy atom. The van der Waals surface area contributed by atoms with Crippen molar-refractivity contribution in [1.29, 1.82) is 0 Å². The molecule has 0 aliphatic carbocycles. The third-order valence-corrected chi connectivity index (χ3v) is 2.00. The Balaban J connectivity index is 2.65. The highest BCUT2D eigenvalue weighted by atomic mass is 32.2. The molecule has 1 aromatic rings. The highest BCUT2D eigenvalue weighted by Crippen LogP contribution is 2.17. The van der Waals surface area contributed by atoms with Gasteiger partial charge >= 0.3 is 0 Å². The Morgan fingerprint density at radius 2 is 2.00 bits per heavy atom. The van der Waals surface area contributed by atoms with Gasteiger partial charge in [0.2, 0.25) is 5.12 Å². The van der Waals surface area contributed by atoms with E-state index in [0.717, 1.165) is 4.90 Å². The summed E-state index contributed by atoms with van der Waals surface area (Å²) in [5.41, 5.74) is 0. The number of hydrogen-bond acceptors (Lipinski definition) is 2. The van der Waals surface area contributed by atoms with E-state index >= 15 is 0 Å². The second-order valence-electron chi connectivity index (χ2n) is 1.94. The maximum atomic E-state index is 10.8. The maximum absolute atomic E-state index is 10.8. The fourth-order valence-corrected chi connectivity index (χ4v) is 1.26. The molecule has 0 atom stereocenters. The van der Waals surface area contributed by atoms with Crippen LogP contribution < -0.4 is 0 Å². The molecule has 0 radical (unpaired) electrons. The monoisotopic (exact) mass is 164 g/mol. The van der Waals surface area contributed by atoms with Gasteiger partial charge in [-0.1, -0.05) is 24.8 Å². The predicted octanol–water partition coefficient (Wildman–Crippen LogP) is 2.49. The van der Waals surface area contributed by atoms with Gasteiger partial charge < -0.3 is 0 Å². The molecule has 0 heterocycles. The van der Waals surface area contributed by atoms with Crippen molar-refractivity contribution in [3.05, 3.63) is 43.0 Å². The molecule has 0 unspecified atom stereocenters. The van der Waals surface area contributed by atoms with Crippen molar-refractivity contribution < 1.29 is 4.79 Å². The lowest BCUT2D eigenvalue weighted by molar-refractivity contribution is -0.107. The zero-order valence-corrected chi connectivity index (χ0v) is 6.80. The summed E-state index contributed by atoms with van der Waals surface area (Å²) in [6.07, 6.45) is 1.32. The Labute approximate surface area is 70.1 Å². The van der Waals surface area contributed by atoms with Gasteiger partial charge in [-0.25, -0.2) is 0 Å². The van der Waals surface area contributed by atoms with Crippen LogP contribution in [-0.2, 0) is 4.79 Å². The van der Waals surface area contributed by atoms with E-state index in [1.54, 1.807) is 0 Å². The Bertz CT molecular complexity index is 254. The molecule has 2 heteroatoms. The van der Waals surface area contributed by atoms with E-state index in [2.05, 4.69) is 6.58 Å². The number of thioether (sulfide) groups is 1. The molecule has 0 aromatic heterocycles. The lowest BCUT2D eigenvalue weighted by Crippen LogP contribution is -1.81. The van der Waals surface area contributed by atoms with E-state index in [1.807, 2.05) is 30.3 Å². The number of carbonyl (C=O) groups is 1. The van der Waals surface area contributed by atoms with Gasteiger partial charge in [0.1, 0.15) is 0 Å². The van der Waals surface area contributed by atoms with Crippen LogP contribution in [0.3, 0.4) is 0 Å². The van der Waals surface area contributed by atoms with Gasteiger partial charge in [0.25, 0.3) is 0 Å². The summed E-state index contributed by atoms with van der Waals surface area (Å²) < 4.78 is 0. The summed E-state index contributed by atoms with van der Waals surface area (Å²) in [6, 6.07) is 9.51. The zero-order chi connectivity index (χ0) is 8.10. The van der Waals surface area contributed by atoms with Gasteiger partial charge in [-0.15, -0.1) is 0 Å². The molecule has 1 aromatic carbocycles. The minimum Gasteiger partial charge on any atom is -0.282 e. The molecule has 0 spiro atoms. The first-order valence-corrected chi connectivity index (χ1v) is 4.04. The lowest BCUT2D eigenvalue weighted by atomic mass is 10.4. The third kappa shape index (κ3) is 2.60. The highest BCUT2D eigenvalue weighted by Gasteiger charge is 1.96. The average molecular weight is 164 g/mol. The first kappa shape index (κ1) is 8.08. The molecule has 0 aliphatic heterocycles. The van der Waals surface area contributed by atoms with Crippen molar-refractivity contribution in [1.82, 2.24) is 0 Å². The van der Waals surface area contributed by atoms with Crippen LogP contribution in [0.5, 0.6) is 0 Å². The van der Waals surface area contributed by atoms with E-state index in [-0.39, 0.29) is 5.12 Å². The molecule has 0 amide bonds. The summed E-state index contributed by atoms with van der Waals surface area (Å²) in [5, 5.41) is -0.0174. The van der Waals surface area contributed by atoms with Crippen LogP contribution in [0, 0.1) is 0 Å². The molecule has 0 saturated heterocycles. The summed E-state index contributed by atoms with van der Waals surface area (Å²) in [5.74, 6) is 0. The van der Waals surface area contributed by atoms with E-state index in [4.69, 9.17) is 0 Å². The Hall–Kier alpha value is -1.02. The fraction of sp³-hybridized carbons (Fsp3) is 0. The van der Waals surface area contributed by atoms with Crippen LogP contribution in [-0.4, -0.2) is 5.12 Å². The molecular formula is C9H8OS. The summed E-state index contributed by atoms with van der Waals surface area (Å²) in [4.78, 5) is 11.8. The maximum Gasteiger partial charge on any atom is 0.216 e. The molecule has 0 aliphatic rings. The lowest BCUT2D eigenvalue weighted by Gasteiger charge is -1.93. The fourth-order valence-electron chi connectivity index (χ4n) is 0.646. The largest absolute Gasteiger partial charge is 0.282 e. The van der Waals surface area contributed by atoms with Crippen LogP contribution in [0.4, 0.5) is 0 Å². The van der Waals surface area contributed by atoms with E-state index in [1.165, 1.54) is 17.8 Å². The second-order valence-corrected chi connectivity index (χ2v) is 3.02. The number of benzene rings is 1. The van der Waals surface area contributed by atoms with Gasteiger partial charge in [-0.05, 0) is 30.0 Å². The smallest absolute Gasteiger partial charge is 0.216 e. The first-order chi connectivity index (χ1) is 5.33. The molecule has 0 N–H and O–H groups in total. The molecule has 1 rings (SSSR count). The molecule has 1 nitrogen and oxygen atoms in total. The normalized spacial score (nSPS) is 9.09. The predicted molar refractivity (Wildman–Crippen MR) is 47.5 cm³/mol. The second kappa shape index (κ2) is 3.98. The van der Waals surface area contributed by atoms with Crippen LogP contribution in [0.2, 0.25) is 0 Å². The first-order valence-electron chi connectivity index (χ1n) is 3.22. The van der Waals surface area contributed by atoms with Crippen LogP contribution in [0.15, 0.2) is 47.9 Å². The van der Waals surface area contributed by atoms with Crippen LogP contribution in [0.1, 0.15) is 0 Å². The van der Waals surface area contributed by atoms with Gasteiger partial charge in [0, 0.05) is 4.90 Å². The number of carbonyl (C=O) groups excluding carboxylic acids is 1. The van der Waals surface area contributed by atoms with Crippen molar-refractivity contribution in [3.63, 3.8) is 0 Å². The molecule has 0 saturated carbocycles. The molecule has 0 fully saturated rings. The van der Waals surface area contributed by atoms with Crippen LogP contribution >= 0.6 is 11.8 Å². The average Bonchev–Trinajstić information content (AvgIpc) is 2.06. The molecule has 56 valence electrons. The van der Waals surface area contributed by atoms with Gasteiger partial charge in [0.05, 0.1) is 0 Å². The summed E-state index contributed by atoms with van der Waals surface area (Å²) in [7, 11) is 0. The zero-order valence-electron chi connectivity index (χ0n) is 5.99. The van der Waals surface area contributed by atoms with Gasteiger partial charge in [-0.3, -0.25) is 4.79 Å². The Morgan fingerprint density at radius 3 is 2.55 bits per heavy atom. The summed E-state index contributed by atoms with van der Waals surface area (Å²) in [6.45, 7) is 3.39.